The number of hydrogen-bond acceptors (Lipinski definition) is 3. The van der Waals surface area contributed by atoms with E-state index in [0.717, 1.165) is 36.9 Å². The Morgan fingerprint density at radius 3 is 2.64 bits per heavy atom. The molecule has 6 heteroatoms. The van der Waals surface area contributed by atoms with Crippen LogP contribution in [0.3, 0.4) is 0 Å². The number of aliphatic imine (C=N–C) groups is 1. The van der Waals surface area contributed by atoms with Crippen LogP contribution in [0.4, 0.5) is 0 Å². The summed E-state index contributed by atoms with van der Waals surface area (Å²) in [4.78, 5) is 6.87. The molecule has 2 fully saturated rings. The van der Waals surface area contributed by atoms with E-state index in [0.29, 0.717) is 5.41 Å². The summed E-state index contributed by atoms with van der Waals surface area (Å²) in [5, 5.41) is 7.50. The predicted octanol–water partition coefficient (Wildman–Crippen LogP) is 2.90. The van der Waals surface area contributed by atoms with Crippen LogP contribution in [-0.4, -0.2) is 42.7 Å². The van der Waals surface area contributed by atoms with Gasteiger partial charge in [0.15, 0.2) is 5.96 Å². The van der Waals surface area contributed by atoms with Crippen LogP contribution in [0.2, 0.25) is 0 Å². The minimum Gasteiger partial charge on any atom is -0.361 e. The molecule has 1 aliphatic heterocycles. The molecule has 1 spiro atoms. The lowest BCUT2D eigenvalue weighted by molar-refractivity contribution is 0.151. The molecule has 1 aromatic heterocycles. The van der Waals surface area contributed by atoms with E-state index in [1.54, 1.807) is 0 Å². The van der Waals surface area contributed by atoms with E-state index in [1.165, 1.54) is 37.8 Å². The van der Waals surface area contributed by atoms with Crippen LogP contribution in [0.15, 0.2) is 9.52 Å². The molecule has 0 atom stereocenters. The van der Waals surface area contributed by atoms with E-state index in [9.17, 15) is 0 Å². The van der Waals surface area contributed by atoms with Crippen molar-refractivity contribution >= 4 is 29.9 Å². The molecule has 1 N–H and O–H groups in total. The highest BCUT2D eigenvalue weighted by molar-refractivity contribution is 14.0. The van der Waals surface area contributed by atoms with E-state index in [-0.39, 0.29) is 24.0 Å². The van der Waals surface area contributed by atoms with Crippen molar-refractivity contribution in [1.82, 2.24) is 15.4 Å². The molecule has 1 aromatic rings. The number of likely N-dealkylation sites (tertiary alicyclic amines) is 1. The summed E-state index contributed by atoms with van der Waals surface area (Å²) in [7, 11) is 1.88. The zero-order chi connectivity index (χ0) is 14.9. The zero-order valence-corrected chi connectivity index (χ0v) is 16.1. The van der Waals surface area contributed by atoms with E-state index in [1.807, 2.05) is 20.9 Å². The Balaban J connectivity index is 0.00000176. The van der Waals surface area contributed by atoms with Gasteiger partial charge in [-0.3, -0.25) is 4.99 Å². The van der Waals surface area contributed by atoms with E-state index in [2.05, 4.69) is 20.4 Å². The number of nitrogens with one attached hydrogen (secondary N) is 1. The Morgan fingerprint density at radius 2 is 2.14 bits per heavy atom. The van der Waals surface area contributed by atoms with Gasteiger partial charge in [0.05, 0.1) is 5.69 Å². The minimum atomic E-state index is 0. The molecule has 22 heavy (non-hydrogen) atoms. The average molecular weight is 418 g/mol. The van der Waals surface area contributed by atoms with E-state index < -0.39 is 0 Å². The molecule has 0 radical (unpaired) electrons. The van der Waals surface area contributed by atoms with Gasteiger partial charge in [-0.25, -0.2) is 0 Å². The van der Waals surface area contributed by atoms with Gasteiger partial charge in [-0.1, -0.05) is 11.6 Å². The highest BCUT2D eigenvalue weighted by Crippen LogP contribution is 2.47. The van der Waals surface area contributed by atoms with Crippen molar-refractivity contribution in [1.29, 1.82) is 0 Å². The van der Waals surface area contributed by atoms with E-state index >= 15 is 0 Å². The van der Waals surface area contributed by atoms with Crippen LogP contribution in [-0.2, 0) is 6.42 Å². The van der Waals surface area contributed by atoms with Crippen molar-refractivity contribution in [3.8, 4) is 0 Å². The SMILES string of the molecule is CN=C(NCCc1c(C)noc1C)N1CCC2(CCC2)C1.I. The monoisotopic (exact) mass is 418 g/mol. The number of halogens is 1. The highest BCUT2D eigenvalue weighted by Gasteiger charge is 2.43. The van der Waals surface area contributed by atoms with Gasteiger partial charge >= 0.3 is 0 Å². The molecule has 1 saturated carbocycles. The lowest BCUT2D eigenvalue weighted by atomic mass is 9.68. The van der Waals surface area contributed by atoms with Gasteiger partial charge in [0.1, 0.15) is 5.76 Å². The molecule has 2 aliphatic rings. The summed E-state index contributed by atoms with van der Waals surface area (Å²) in [6.07, 6.45) is 6.47. The van der Waals surface area contributed by atoms with Gasteiger partial charge in [-0.05, 0) is 44.9 Å². The van der Waals surface area contributed by atoms with E-state index in [4.69, 9.17) is 4.52 Å². The predicted molar refractivity (Wildman–Crippen MR) is 98.9 cm³/mol. The molecule has 0 aromatic carbocycles. The smallest absolute Gasteiger partial charge is 0.193 e. The zero-order valence-electron chi connectivity index (χ0n) is 13.8. The quantitative estimate of drug-likeness (QED) is 0.466. The van der Waals surface area contributed by atoms with Crippen molar-refractivity contribution in [2.75, 3.05) is 26.7 Å². The molecule has 2 heterocycles. The maximum absolute atomic E-state index is 5.21. The standard InChI is InChI=1S/C16H26N4O.HI/c1-12-14(13(2)21-19-12)5-9-18-15(17-3)20-10-8-16(11-20)6-4-7-16;/h4-11H2,1-3H3,(H,17,18);1H. The van der Waals surface area contributed by atoms with Gasteiger partial charge in [0.2, 0.25) is 0 Å². The molecule has 1 saturated heterocycles. The highest BCUT2D eigenvalue weighted by atomic mass is 127. The van der Waals surface area contributed by atoms with Gasteiger partial charge in [0.25, 0.3) is 0 Å². The second kappa shape index (κ2) is 7.19. The van der Waals surface area contributed by atoms with Crippen molar-refractivity contribution in [3.05, 3.63) is 17.0 Å². The Bertz CT molecular complexity index is 517. The van der Waals surface area contributed by atoms with Crippen molar-refractivity contribution < 1.29 is 4.52 Å². The minimum absolute atomic E-state index is 0. The molecule has 3 rings (SSSR count). The first-order valence-electron chi connectivity index (χ1n) is 8.01. The van der Waals surface area contributed by atoms with Crippen LogP contribution >= 0.6 is 24.0 Å². The fourth-order valence-corrected chi connectivity index (χ4v) is 3.69. The largest absolute Gasteiger partial charge is 0.361 e. The summed E-state index contributed by atoms with van der Waals surface area (Å²) in [6.45, 7) is 7.18. The summed E-state index contributed by atoms with van der Waals surface area (Å²) >= 11 is 0. The van der Waals surface area contributed by atoms with Gasteiger partial charge in [-0.15, -0.1) is 24.0 Å². The Labute approximate surface area is 149 Å². The van der Waals surface area contributed by atoms with Gasteiger partial charge in [-0.2, -0.15) is 0 Å². The van der Waals surface area contributed by atoms with Gasteiger partial charge in [0, 0.05) is 32.2 Å². The summed E-state index contributed by atoms with van der Waals surface area (Å²) in [6, 6.07) is 0. The average Bonchev–Trinajstić information content (AvgIpc) is 3.01. The summed E-state index contributed by atoms with van der Waals surface area (Å²) in [5.74, 6) is 1.98. The molecular formula is C16H27IN4O. The number of guanidine groups is 1. The molecule has 124 valence electrons. The molecular weight excluding hydrogens is 391 g/mol. The first kappa shape index (κ1) is 17.6. The van der Waals surface area contributed by atoms with Gasteiger partial charge < -0.3 is 14.7 Å². The van der Waals surface area contributed by atoms with Crippen LogP contribution in [0.5, 0.6) is 0 Å². The molecule has 0 unspecified atom stereocenters. The lowest BCUT2D eigenvalue weighted by Gasteiger charge is -2.38. The van der Waals surface area contributed by atoms with Crippen LogP contribution < -0.4 is 5.32 Å². The Hall–Kier alpha value is -0.790. The fraction of sp³-hybridized carbons (Fsp3) is 0.750. The maximum atomic E-state index is 5.21. The first-order chi connectivity index (χ1) is 10.1. The third-order valence-electron chi connectivity index (χ3n) is 5.20. The second-order valence-electron chi connectivity index (χ2n) is 6.55. The fourth-order valence-electron chi connectivity index (χ4n) is 3.69. The maximum Gasteiger partial charge on any atom is 0.193 e. The van der Waals surface area contributed by atoms with Crippen LogP contribution in [0, 0.1) is 19.3 Å². The second-order valence-corrected chi connectivity index (χ2v) is 6.55. The first-order valence-corrected chi connectivity index (χ1v) is 8.01. The lowest BCUT2D eigenvalue weighted by Crippen LogP contribution is -2.43. The number of aromatic nitrogens is 1. The Morgan fingerprint density at radius 1 is 1.36 bits per heavy atom. The topological polar surface area (TPSA) is 53.7 Å². The number of hydrogen-bond donors (Lipinski definition) is 1. The van der Waals surface area contributed by atoms with Crippen molar-refractivity contribution in [2.45, 2.75) is 46.0 Å². The molecule has 0 bridgehead atoms. The number of aryl methyl sites for hydroxylation is 2. The summed E-state index contributed by atoms with van der Waals surface area (Å²) in [5.41, 5.74) is 2.83. The molecule has 0 amide bonds. The van der Waals surface area contributed by atoms with Crippen LogP contribution in [0.25, 0.3) is 0 Å². The normalized spacial score (nSPS) is 20.0. The van der Waals surface area contributed by atoms with Crippen LogP contribution in [0.1, 0.15) is 42.7 Å². The number of rotatable bonds is 3. The third kappa shape index (κ3) is 3.41. The molecule has 5 nitrogen and oxygen atoms in total. The number of nitrogens with zero attached hydrogens (tertiary/aromatic N) is 3. The molecule has 1 aliphatic carbocycles. The Kier molecular flexibility index (Phi) is 5.74. The summed E-state index contributed by atoms with van der Waals surface area (Å²) < 4.78 is 5.21. The third-order valence-corrected chi connectivity index (χ3v) is 5.20. The van der Waals surface area contributed by atoms with Crippen molar-refractivity contribution in [2.24, 2.45) is 10.4 Å². The van der Waals surface area contributed by atoms with Crippen molar-refractivity contribution in [3.63, 3.8) is 0 Å².